The zero-order chi connectivity index (χ0) is 15.8. The first-order valence-electron chi connectivity index (χ1n) is 6.95. The third-order valence-electron chi connectivity index (χ3n) is 3.42. The number of hydrogen-bond donors (Lipinski definition) is 2. The monoisotopic (exact) mass is 304 g/mol. The van der Waals surface area contributed by atoms with Gasteiger partial charge in [0.05, 0.1) is 12.7 Å². The normalized spacial score (nSPS) is 21.6. The highest BCUT2D eigenvalue weighted by Crippen LogP contribution is 2.20. The van der Waals surface area contributed by atoms with Crippen molar-refractivity contribution in [3.63, 3.8) is 0 Å². The van der Waals surface area contributed by atoms with E-state index in [-0.39, 0.29) is 19.0 Å². The first-order valence-corrected chi connectivity index (χ1v) is 6.95. The van der Waals surface area contributed by atoms with E-state index in [4.69, 9.17) is 14.6 Å². The van der Waals surface area contributed by atoms with Crippen molar-refractivity contribution in [1.82, 2.24) is 9.80 Å². The summed E-state index contributed by atoms with van der Waals surface area (Å²) in [5.74, 6) is -1.09. The van der Waals surface area contributed by atoms with Gasteiger partial charge in [-0.3, -0.25) is 0 Å². The highest BCUT2D eigenvalue weighted by molar-refractivity contribution is 5.83. The third-order valence-corrected chi connectivity index (χ3v) is 3.42. The van der Waals surface area contributed by atoms with Crippen LogP contribution in [0.4, 0.5) is 4.79 Å². The number of urea groups is 1. The number of carboxylic acid groups (broad SMARTS) is 1. The summed E-state index contributed by atoms with van der Waals surface area (Å²) in [5, 5.41) is 18.8. The van der Waals surface area contributed by atoms with E-state index in [1.807, 2.05) is 0 Å². The van der Waals surface area contributed by atoms with E-state index in [9.17, 15) is 14.7 Å². The Labute approximate surface area is 124 Å². The highest BCUT2D eigenvalue weighted by Gasteiger charge is 2.40. The number of likely N-dealkylation sites (tertiary alicyclic amines) is 1. The Balaban J connectivity index is 2.70. The smallest absolute Gasteiger partial charge is 0.326 e. The maximum atomic E-state index is 12.5. The van der Waals surface area contributed by atoms with E-state index in [2.05, 4.69) is 0 Å². The summed E-state index contributed by atoms with van der Waals surface area (Å²) in [4.78, 5) is 26.4. The maximum Gasteiger partial charge on any atom is 0.326 e. The van der Waals surface area contributed by atoms with Gasteiger partial charge in [-0.15, -0.1) is 0 Å². The second kappa shape index (κ2) is 8.81. The average Bonchev–Trinajstić information content (AvgIpc) is 2.84. The lowest BCUT2D eigenvalue weighted by atomic mass is 10.2. The highest BCUT2D eigenvalue weighted by atomic mass is 16.5. The molecule has 0 aromatic carbocycles. The molecule has 8 nitrogen and oxygen atoms in total. The number of nitrogens with zero attached hydrogens (tertiary/aromatic N) is 2. The number of carbonyl (C=O) groups is 2. The lowest BCUT2D eigenvalue weighted by Gasteiger charge is -2.30. The maximum absolute atomic E-state index is 12.5. The summed E-state index contributed by atoms with van der Waals surface area (Å²) < 4.78 is 9.94. The Morgan fingerprint density at radius 3 is 2.48 bits per heavy atom. The van der Waals surface area contributed by atoms with Crippen molar-refractivity contribution in [2.45, 2.75) is 25.0 Å². The van der Waals surface area contributed by atoms with E-state index in [1.165, 1.54) is 16.9 Å². The second-order valence-electron chi connectivity index (χ2n) is 5.00. The number of rotatable bonds is 8. The average molecular weight is 304 g/mol. The van der Waals surface area contributed by atoms with E-state index >= 15 is 0 Å². The molecule has 1 fully saturated rings. The molecule has 122 valence electrons. The quantitative estimate of drug-likeness (QED) is 0.593. The molecule has 8 heteroatoms. The van der Waals surface area contributed by atoms with Crippen molar-refractivity contribution in [3.05, 3.63) is 0 Å². The minimum absolute atomic E-state index is 0.0452. The van der Waals surface area contributed by atoms with E-state index in [0.29, 0.717) is 32.7 Å². The predicted molar refractivity (Wildman–Crippen MR) is 74.1 cm³/mol. The molecule has 0 aromatic rings. The van der Waals surface area contributed by atoms with Crippen LogP contribution >= 0.6 is 0 Å². The van der Waals surface area contributed by atoms with Crippen LogP contribution in [0.2, 0.25) is 0 Å². The zero-order valence-corrected chi connectivity index (χ0v) is 12.5. The van der Waals surface area contributed by atoms with E-state index < -0.39 is 18.1 Å². The molecule has 1 rings (SSSR count). The molecular formula is C13H24N2O6. The standard InChI is InChI=1S/C13H24N2O6/c1-20-6-3-4-14(5-7-21-2)13(19)15-9-10(16)8-11(15)12(17)18/h10-11,16H,3-9H2,1-2H3,(H,17,18)/t10-,11+/m1/s1. The number of carboxylic acids is 1. The third kappa shape index (κ3) is 5.14. The summed E-state index contributed by atoms with van der Waals surface area (Å²) in [6, 6.07) is -1.35. The molecule has 1 aliphatic rings. The molecule has 0 unspecified atom stereocenters. The number of aliphatic hydroxyl groups excluding tert-OH is 1. The lowest BCUT2D eigenvalue weighted by molar-refractivity contribution is -0.141. The Bertz CT molecular complexity index is 352. The zero-order valence-electron chi connectivity index (χ0n) is 12.5. The number of amides is 2. The van der Waals surface area contributed by atoms with Crippen LogP contribution in [-0.2, 0) is 14.3 Å². The number of β-amino-alcohol motifs (C(OH)–C–C–N with tert-alkyl or cyclic N) is 1. The van der Waals surface area contributed by atoms with Crippen LogP contribution in [0.5, 0.6) is 0 Å². The number of carbonyl (C=O) groups excluding carboxylic acids is 1. The van der Waals surface area contributed by atoms with Crippen LogP contribution in [0.1, 0.15) is 12.8 Å². The van der Waals surface area contributed by atoms with Gasteiger partial charge >= 0.3 is 12.0 Å². The Morgan fingerprint density at radius 2 is 1.90 bits per heavy atom. The second-order valence-corrected chi connectivity index (χ2v) is 5.00. The van der Waals surface area contributed by atoms with Gasteiger partial charge in [-0.2, -0.15) is 0 Å². The van der Waals surface area contributed by atoms with E-state index in [0.717, 1.165) is 0 Å². The molecule has 1 aliphatic heterocycles. The fourth-order valence-corrected chi connectivity index (χ4v) is 2.35. The number of ether oxygens (including phenoxy) is 2. The number of hydrogen-bond acceptors (Lipinski definition) is 5. The molecular weight excluding hydrogens is 280 g/mol. The van der Waals surface area contributed by atoms with Crippen LogP contribution < -0.4 is 0 Å². The van der Waals surface area contributed by atoms with Gasteiger partial charge < -0.3 is 29.5 Å². The molecule has 2 atom stereocenters. The molecule has 0 radical (unpaired) electrons. The van der Waals surface area contributed by atoms with Gasteiger partial charge in [-0.25, -0.2) is 9.59 Å². The Kier molecular flexibility index (Phi) is 7.41. The first kappa shape index (κ1) is 17.7. The molecule has 0 aromatic heterocycles. The number of methoxy groups -OCH3 is 2. The van der Waals surface area contributed by atoms with Crippen LogP contribution in [0.15, 0.2) is 0 Å². The van der Waals surface area contributed by atoms with Crippen molar-refractivity contribution in [1.29, 1.82) is 0 Å². The molecule has 2 amide bonds. The lowest BCUT2D eigenvalue weighted by Crippen LogP contribution is -2.49. The van der Waals surface area contributed by atoms with Gasteiger partial charge in [0.15, 0.2) is 0 Å². The molecule has 1 heterocycles. The number of aliphatic carboxylic acids is 1. The van der Waals surface area contributed by atoms with Crippen LogP contribution in [0.3, 0.4) is 0 Å². The molecule has 0 spiro atoms. The molecule has 2 N–H and O–H groups in total. The largest absolute Gasteiger partial charge is 0.480 e. The summed E-state index contributed by atoms with van der Waals surface area (Å²) in [6.45, 7) is 1.76. The fourth-order valence-electron chi connectivity index (χ4n) is 2.35. The van der Waals surface area contributed by atoms with Gasteiger partial charge in [-0.1, -0.05) is 0 Å². The molecule has 0 bridgehead atoms. The van der Waals surface area contributed by atoms with Crippen molar-refractivity contribution in [2.75, 3.05) is 47.1 Å². The molecule has 0 saturated carbocycles. The minimum Gasteiger partial charge on any atom is -0.480 e. The minimum atomic E-state index is -1.09. The number of aliphatic hydroxyl groups is 1. The van der Waals surface area contributed by atoms with Gasteiger partial charge in [0.25, 0.3) is 0 Å². The molecule has 1 saturated heterocycles. The van der Waals surface area contributed by atoms with Crippen molar-refractivity contribution in [2.24, 2.45) is 0 Å². The van der Waals surface area contributed by atoms with Crippen LogP contribution in [-0.4, -0.2) is 91.2 Å². The first-order chi connectivity index (χ1) is 10.0. The van der Waals surface area contributed by atoms with E-state index in [1.54, 1.807) is 7.11 Å². The van der Waals surface area contributed by atoms with Crippen LogP contribution in [0, 0.1) is 0 Å². The van der Waals surface area contributed by atoms with Crippen molar-refractivity contribution >= 4 is 12.0 Å². The predicted octanol–water partition coefficient (Wildman–Crippen LogP) is -0.389. The Hall–Kier alpha value is -1.38. The summed E-state index contributed by atoms with van der Waals surface area (Å²) >= 11 is 0. The van der Waals surface area contributed by atoms with Crippen LogP contribution in [0.25, 0.3) is 0 Å². The van der Waals surface area contributed by atoms with Gasteiger partial charge in [0, 0.05) is 46.9 Å². The van der Waals surface area contributed by atoms with Gasteiger partial charge in [0.2, 0.25) is 0 Å². The van der Waals surface area contributed by atoms with Crippen molar-refractivity contribution in [3.8, 4) is 0 Å². The van der Waals surface area contributed by atoms with Gasteiger partial charge in [-0.05, 0) is 6.42 Å². The van der Waals surface area contributed by atoms with Gasteiger partial charge in [0.1, 0.15) is 6.04 Å². The summed E-state index contributed by atoms with van der Waals surface area (Å²) in [5.41, 5.74) is 0. The topological polar surface area (TPSA) is 99.5 Å². The SMILES string of the molecule is COCCCN(CCOC)C(=O)N1C[C@H](O)C[C@H]1C(=O)O. The summed E-state index contributed by atoms with van der Waals surface area (Å²) in [6.07, 6.45) is -0.0736. The fraction of sp³-hybridized carbons (Fsp3) is 0.846. The van der Waals surface area contributed by atoms with Crippen molar-refractivity contribution < 1.29 is 29.3 Å². The molecule has 0 aliphatic carbocycles. The Morgan fingerprint density at radius 1 is 1.24 bits per heavy atom. The summed E-state index contributed by atoms with van der Waals surface area (Å²) in [7, 11) is 3.12. The molecule has 21 heavy (non-hydrogen) atoms.